The summed E-state index contributed by atoms with van der Waals surface area (Å²) in [7, 11) is 0. The summed E-state index contributed by atoms with van der Waals surface area (Å²) < 4.78 is 5.07. The van der Waals surface area contributed by atoms with E-state index in [9.17, 15) is 0 Å². The van der Waals surface area contributed by atoms with Crippen LogP contribution in [0, 0.1) is 0 Å². The Morgan fingerprint density at radius 3 is 3.00 bits per heavy atom. The van der Waals surface area contributed by atoms with Gasteiger partial charge in [-0.3, -0.25) is 0 Å². The summed E-state index contributed by atoms with van der Waals surface area (Å²) in [5.41, 5.74) is 0. The molecule has 0 radical (unpaired) electrons. The molecule has 0 aliphatic heterocycles. The van der Waals surface area contributed by atoms with E-state index in [2.05, 4.69) is 22.4 Å². The number of thioether (sulfide) groups is 1. The van der Waals surface area contributed by atoms with Crippen molar-refractivity contribution in [1.82, 2.24) is 10.1 Å². The fourth-order valence-electron chi connectivity index (χ4n) is 1.32. The van der Waals surface area contributed by atoms with Crippen molar-refractivity contribution in [2.75, 3.05) is 11.9 Å². The number of hydrogen-bond acceptors (Lipinski definition) is 5. The van der Waals surface area contributed by atoms with E-state index in [1.54, 1.807) is 11.8 Å². The molecular weight excluding hydrogens is 270 g/mol. The zero-order chi connectivity index (χ0) is 12.8. The van der Waals surface area contributed by atoms with Crippen LogP contribution >= 0.6 is 23.4 Å². The number of hydrogen-bond donors (Lipinski definition) is 1. The lowest BCUT2D eigenvalue weighted by Gasteiger charge is -2.00. The highest BCUT2D eigenvalue weighted by Gasteiger charge is 2.07. The number of rotatable bonds is 6. The van der Waals surface area contributed by atoms with Gasteiger partial charge in [-0.15, -0.1) is 11.8 Å². The van der Waals surface area contributed by atoms with E-state index in [1.165, 1.54) is 0 Å². The molecule has 0 fully saturated rings. The summed E-state index contributed by atoms with van der Waals surface area (Å²) in [4.78, 5) is 5.26. The quantitative estimate of drug-likeness (QED) is 0.816. The van der Waals surface area contributed by atoms with Crippen LogP contribution in [0.15, 0.2) is 33.7 Å². The first-order valence-corrected chi connectivity index (χ1v) is 7.09. The molecule has 0 unspecified atom stereocenters. The van der Waals surface area contributed by atoms with E-state index in [0.29, 0.717) is 17.6 Å². The van der Waals surface area contributed by atoms with E-state index in [1.807, 2.05) is 24.3 Å². The third kappa shape index (κ3) is 3.65. The van der Waals surface area contributed by atoms with Crippen molar-refractivity contribution in [2.24, 2.45) is 0 Å². The van der Waals surface area contributed by atoms with E-state index in [4.69, 9.17) is 16.1 Å². The van der Waals surface area contributed by atoms with Crippen molar-refractivity contribution >= 4 is 29.4 Å². The van der Waals surface area contributed by atoms with Crippen LogP contribution < -0.4 is 5.32 Å². The maximum atomic E-state index is 6.07. The summed E-state index contributed by atoms with van der Waals surface area (Å²) in [6, 6.07) is 8.19. The first-order chi connectivity index (χ1) is 8.79. The van der Waals surface area contributed by atoms with Crippen molar-refractivity contribution in [1.29, 1.82) is 0 Å². The van der Waals surface area contributed by atoms with Crippen LogP contribution in [-0.4, -0.2) is 16.7 Å². The molecule has 1 aromatic heterocycles. The number of anilines is 1. The molecule has 1 N–H and O–H groups in total. The molecule has 0 saturated carbocycles. The van der Waals surface area contributed by atoms with Crippen LogP contribution in [0.4, 0.5) is 6.01 Å². The highest BCUT2D eigenvalue weighted by Crippen LogP contribution is 2.28. The molecule has 96 valence electrons. The Morgan fingerprint density at radius 1 is 1.39 bits per heavy atom. The molecule has 1 aromatic carbocycles. The van der Waals surface area contributed by atoms with Gasteiger partial charge in [-0.25, -0.2) is 0 Å². The molecule has 0 spiro atoms. The normalized spacial score (nSPS) is 10.6. The predicted molar refractivity (Wildman–Crippen MR) is 74.1 cm³/mol. The van der Waals surface area contributed by atoms with Crippen molar-refractivity contribution in [3.05, 3.63) is 35.1 Å². The van der Waals surface area contributed by atoms with Gasteiger partial charge in [0.15, 0.2) is 5.82 Å². The monoisotopic (exact) mass is 283 g/mol. The van der Waals surface area contributed by atoms with Crippen LogP contribution in [0.5, 0.6) is 0 Å². The first kappa shape index (κ1) is 13.2. The summed E-state index contributed by atoms with van der Waals surface area (Å²) in [6.45, 7) is 2.91. The number of aromatic nitrogens is 2. The standard InChI is InChI=1S/C12H14ClN3OS/c1-2-7-14-12-15-11(16-17-12)8-18-10-6-4-3-5-9(10)13/h3-6H,2,7-8H2,1H3,(H,14,15,16). The van der Waals surface area contributed by atoms with Gasteiger partial charge in [-0.2, -0.15) is 4.98 Å². The maximum absolute atomic E-state index is 6.07. The van der Waals surface area contributed by atoms with Crippen LogP contribution in [0.3, 0.4) is 0 Å². The van der Waals surface area contributed by atoms with E-state index in [-0.39, 0.29) is 0 Å². The molecule has 1 heterocycles. The minimum absolute atomic E-state index is 0.478. The van der Waals surface area contributed by atoms with Gasteiger partial charge in [0.25, 0.3) is 0 Å². The third-order valence-electron chi connectivity index (χ3n) is 2.19. The minimum Gasteiger partial charge on any atom is -0.338 e. The van der Waals surface area contributed by atoms with Gasteiger partial charge in [0.1, 0.15) is 0 Å². The largest absolute Gasteiger partial charge is 0.338 e. The Balaban J connectivity index is 1.90. The van der Waals surface area contributed by atoms with Crippen molar-refractivity contribution < 1.29 is 4.52 Å². The number of benzene rings is 1. The van der Waals surface area contributed by atoms with E-state index >= 15 is 0 Å². The Hall–Kier alpha value is -1.20. The average Bonchev–Trinajstić information content (AvgIpc) is 2.83. The number of nitrogens with zero attached hydrogens (tertiary/aromatic N) is 2. The second-order valence-electron chi connectivity index (χ2n) is 3.66. The number of nitrogens with one attached hydrogen (secondary N) is 1. The van der Waals surface area contributed by atoms with Gasteiger partial charge >= 0.3 is 6.01 Å². The Kier molecular flexibility index (Phi) is 4.90. The Labute approximate surface area is 115 Å². The molecule has 2 aromatic rings. The van der Waals surface area contributed by atoms with Gasteiger partial charge in [0.2, 0.25) is 0 Å². The van der Waals surface area contributed by atoms with Crippen LogP contribution in [0.25, 0.3) is 0 Å². The molecule has 4 nitrogen and oxygen atoms in total. The molecule has 2 rings (SSSR count). The Bertz CT molecular complexity index is 504. The SMILES string of the molecule is CCCNc1nc(CSc2ccccc2Cl)no1. The van der Waals surface area contributed by atoms with Crippen molar-refractivity contribution in [3.63, 3.8) is 0 Å². The molecule has 0 aliphatic rings. The molecule has 6 heteroatoms. The topological polar surface area (TPSA) is 51.0 Å². The van der Waals surface area contributed by atoms with E-state index in [0.717, 1.165) is 22.9 Å². The Morgan fingerprint density at radius 2 is 2.22 bits per heavy atom. The summed E-state index contributed by atoms with van der Waals surface area (Å²) >= 11 is 7.66. The molecule has 0 saturated heterocycles. The average molecular weight is 284 g/mol. The highest BCUT2D eigenvalue weighted by molar-refractivity contribution is 7.98. The summed E-state index contributed by atoms with van der Waals surface area (Å²) in [5, 5.41) is 7.70. The van der Waals surface area contributed by atoms with Gasteiger partial charge in [0.05, 0.1) is 10.8 Å². The van der Waals surface area contributed by atoms with Gasteiger partial charge in [-0.05, 0) is 18.6 Å². The van der Waals surface area contributed by atoms with Crippen molar-refractivity contribution in [3.8, 4) is 0 Å². The van der Waals surface area contributed by atoms with Gasteiger partial charge in [0, 0.05) is 11.4 Å². The third-order valence-corrected chi connectivity index (χ3v) is 3.70. The van der Waals surface area contributed by atoms with Crippen LogP contribution in [0.2, 0.25) is 5.02 Å². The molecule has 0 amide bonds. The fourth-order valence-corrected chi connectivity index (χ4v) is 2.40. The zero-order valence-electron chi connectivity index (χ0n) is 10.0. The zero-order valence-corrected chi connectivity index (χ0v) is 11.6. The predicted octanol–water partition coefficient (Wildman–Crippen LogP) is 3.84. The molecule has 0 atom stereocenters. The summed E-state index contributed by atoms with van der Waals surface area (Å²) in [6.07, 6.45) is 1.02. The second kappa shape index (κ2) is 6.66. The van der Waals surface area contributed by atoms with E-state index < -0.39 is 0 Å². The summed E-state index contributed by atoms with van der Waals surface area (Å²) in [5.74, 6) is 1.31. The lowest BCUT2D eigenvalue weighted by Crippen LogP contribution is -1.99. The second-order valence-corrected chi connectivity index (χ2v) is 5.09. The smallest absolute Gasteiger partial charge is 0.321 e. The molecule has 0 aliphatic carbocycles. The fraction of sp³-hybridized carbons (Fsp3) is 0.333. The van der Waals surface area contributed by atoms with Gasteiger partial charge < -0.3 is 9.84 Å². The lowest BCUT2D eigenvalue weighted by atomic mass is 10.4. The number of halogens is 1. The van der Waals surface area contributed by atoms with Crippen LogP contribution in [-0.2, 0) is 5.75 Å². The molecule has 0 bridgehead atoms. The van der Waals surface area contributed by atoms with Crippen LogP contribution in [0.1, 0.15) is 19.2 Å². The maximum Gasteiger partial charge on any atom is 0.321 e. The lowest BCUT2D eigenvalue weighted by molar-refractivity contribution is 0.425. The molecule has 18 heavy (non-hydrogen) atoms. The van der Waals surface area contributed by atoms with Crippen molar-refractivity contribution in [2.45, 2.75) is 24.0 Å². The molecular formula is C12H14ClN3OS. The first-order valence-electron chi connectivity index (χ1n) is 5.73. The van der Waals surface area contributed by atoms with Gasteiger partial charge in [-0.1, -0.05) is 35.8 Å². The minimum atomic E-state index is 0.478. The highest BCUT2D eigenvalue weighted by atomic mass is 35.5.